The first-order chi connectivity index (χ1) is 17.1. The third-order valence-corrected chi connectivity index (χ3v) is 6.11. The quantitative estimate of drug-likeness (QED) is 0.116. The fourth-order valence-corrected chi connectivity index (χ4v) is 3.95. The Labute approximate surface area is 212 Å². The highest BCUT2D eigenvalue weighted by Gasteiger charge is 2.07. The van der Waals surface area contributed by atoms with Crippen molar-refractivity contribution in [3.05, 3.63) is 54.9 Å². The molecule has 1 atom stereocenters. The fraction of sp³-hybridized carbons (Fsp3) is 0.567. The lowest BCUT2D eigenvalue weighted by Gasteiger charge is -2.12. The molecule has 0 bridgehead atoms. The van der Waals surface area contributed by atoms with E-state index in [4.69, 9.17) is 9.47 Å². The molecule has 1 aromatic carbocycles. The lowest BCUT2D eigenvalue weighted by Crippen LogP contribution is -2.13. The van der Waals surface area contributed by atoms with Crippen LogP contribution in [0.15, 0.2) is 49.3 Å². The van der Waals surface area contributed by atoms with Crippen LogP contribution in [0.2, 0.25) is 0 Å². The zero-order valence-corrected chi connectivity index (χ0v) is 21.8. The Morgan fingerprint density at radius 3 is 2.29 bits per heavy atom. The van der Waals surface area contributed by atoms with Crippen molar-refractivity contribution in [2.75, 3.05) is 6.61 Å². The van der Waals surface area contributed by atoms with Crippen LogP contribution in [0.4, 0.5) is 0 Å². The van der Waals surface area contributed by atoms with Gasteiger partial charge in [-0.1, -0.05) is 69.4 Å². The van der Waals surface area contributed by atoms with Gasteiger partial charge in [0, 0.05) is 12.0 Å². The molecule has 35 heavy (non-hydrogen) atoms. The highest BCUT2D eigenvalue weighted by molar-refractivity contribution is 5.69. The van der Waals surface area contributed by atoms with Crippen LogP contribution >= 0.6 is 0 Å². The number of rotatable bonds is 19. The molecule has 0 amide bonds. The van der Waals surface area contributed by atoms with Gasteiger partial charge in [-0.05, 0) is 57.4 Å². The summed E-state index contributed by atoms with van der Waals surface area (Å²) in [6.07, 6.45) is 19.8. The summed E-state index contributed by atoms with van der Waals surface area (Å²) in [5.74, 6) is 1.34. The van der Waals surface area contributed by atoms with Crippen LogP contribution in [0, 0.1) is 0 Å². The van der Waals surface area contributed by atoms with Gasteiger partial charge < -0.3 is 9.47 Å². The third kappa shape index (κ3) is 12.5. The largest absolute Gasteiger partial charge is 0.490 e. The van der Waals surface area contributed by atoms with Crippen LogP contribution in [-0.4, -0.2) is 28.6 Å². The maximum absolute atomic E-state index is 11.3. The van der Waals surface area contributed by atoms with E-state index in [0.29, 0.717) is 13.0 Å². The van der Waals surface area contributed by atoms with Crippen molar-refractivity contribution in [2.45, 2.75) is 103 Å². The molecule has 0 aliphatic rings. The van der Waals surface area contributed by atoms with Gasteiger partial charge in [-0.25, -0.2) is 9.97 Å². The maximum Gasteiger partial charge on any atom is 0.305 e. The van der Waals surface area contributed by atoms with Gasteiger partial charge in [0.1, 0.15) is 0 Å². The Bertz CT molecular complexity index is 834. The summed E-state index contributed by atoms with van der Waals surface area (Å²) < 4.78 is 11.1. The molecule has 2 rings (SSSR count). The molecule has 0 spiro atoms. The van der Waals surface area contributed by atoms with Gasteiger partial charge in [0.15, 0.2) is 11.6 Å². The van der Waals surface area contributed by atoms with Gasteiger partial charge in [0.25, 0.3) is 0 Å². The number of carbonyl (C=O) groups excluding carboxylic acids is 1. The van der Waals surface area contributed by atoms with E-state index in [-0.39, 0.29) is 12.1 Å². The molecule has 5 heteroatoms. The molecule has 1 unspecified atom stereocenters. The van der Waals surface area contributed by atoms with E-state index in [0.717, 1.165) is 62.1 Å². The number of allylic oxidation sites excluding steroid dienone is 1. The van der Waals surface area contributed by atoms with Gasteiger partial charge in [-0.15, -0.1) is 6.58 Å². The predicted octanol–water partition coefficient (Wildman–Crippen LogP) is 7.88. The lowest BCUT2D eigenvalue weighted by atomic mass is 10.0. The summed E-state index contributed by atoms with van der Waals surface area (Å²) in [5.41, 5.74) is 2.34. The average Bonchev–Trinajstić information content (AvgIpc) is 2.88. The first kappa shape index (κ1) is 28.5. The number of hydrogen-bond donors (Lipinski definition) is 0. The van der Waals surface area contributed by atoms with Crippen molar-refractivity contribution in [3.8, 4) is 17.1 Å². The van der Waals surface area contributed by atoms with Crippen LogP contribution in [-0.2, 0) is 16.0 Å². The van der Waals surface area contributed by atoms with E-state index in [1.165, 1.54) is 37.7 Å². The highest BCUT2D eigenvalue weighted by Crippen LogP contribution is 2.19. The summed E-state index contributed by atoms with van der Waals surface area (Å²) >= 11 is 0. The van der Waals surface area contributed by atoms with Crippen LogP contribution < -0.4 is 4.74 Å². The predicted molar refractivity (Wildman–Crippen MR) is 143 cm³/mol. The molecule has 0 fully saturated rings. The smallest absolute Gasteiger partial charge is 0.305 e. The van der Waals surface area contributed by atoms with Crippen molar-refractivity contribution in [1.82, 2.24) is 9.97 Å². The monoisotopic (exact) mass is 480 g/mol. The summed E-state index contributed by atoms with van der Waals surface area (Å²) in [7, 11) is 0. The number of nitrogens with zero attached hydrogens (tertiary/aromatic N) is 2. The Hall–Kier alpha value is -2.69. The number of ether oxygens (including phenoxy) is 2. The number of unbranched alkanes of at least 4 members (excludes halogenated alkanes) is 8. The van der Waals surface area contributed by atoms with E-state index in [9.17, 15) is 4.79 Å². The third-order valence-electron chi connectivity index (χ3n) is 6.11. The minimum absolute atomic E-state index is 0.0148. The van der Waals surface area contributed by atoms with Crippen LogP contribution in [0.25, 0.3) is 11.4 Å². The van der Waals surface area contributed by atoms with E-state index >= 15 is 0 Å². The molecule has 2 aromatic rings. The first-order valence-corrected chi connectivity index (χ1v) is 13.5. The molecular formula is C30H44N2O3. The molecular weight excluding hydrogens is 436 g/mol. The van der Waals surface area contributed by atoms with Crippen LogP contribution in [0.1, 0.15) is 96.5 Å². The SMILES string of the molecule is C=CCCCCCCCCOc1cnc(-c2ccc(CCCCCC(C)OC(=O)CC)cc2)nc1. The van der Waals surface area contributed by atoms with Crippen molar-refractivity contribution in [2.24, 2.45) is 0 Å². The zero-order valence-electron chi connectivity index (χ0n) is 21.8. The van der Waals surface area contributed by atoms with Crippen molar-refractivity contribution >= 4 is 5.97 Å². The number of esters is 1. The minimum atomic E-state index is -0.111. The average molecular weight is 481 g/mol. The number of aromatic nitrogens is 2. The molecule has 0 saturated heterocycles. The van der Waals surface area contributed by atoms with E-state index in [2.05, 4.69) is 40.8 Å². The van der Waals surface area contributed by atoms with Gasteiger partial charge in [0.2, 0.25) is 0 Å². The zero-order chi connectivity index (χ0) is 25.1. The molecule has 192 valence electrons. The topological polar surface area (TPSA) is 61.3 Å². The second-order valence-electron chi connectivity index (χ2n) is 9.24. The van der Waals surface area contributed by atoms with E-state index in [1.54, 1.807) is 12.4 Å². The standard InChI is InChI=1S/C30H44N2O3/c1-4-6-7-8-9-10-11-15-22-34-28-23-31-30(32-24-28)27-20-18-26(19-21-27)17-14-12-13-16-25(3)35-29(33)5-2/h4,18-21,23-25H,1,5-17,22H2,2-3H3. The maximum atomic E-state index is 11.3. The van der Waals surface area contributed by atoms with Crippen LogP contribution in [0.5, 0.6) is 5.75 Å². The van der Waals surface area contributed by atoms with Crippen molar-refractivity contribution in [1.29, 1.82) is 0 Å². The van der Waals surface area contributed by atoms with Gasteiger partial charge in [-0.2, -0.15) is 0 Å². The number of aryl methyl sites for hydroxylation is 1. The van der Waals surface area contributed by atoms with Crippen LogP contribution in [0.3, 0.4) is 0 Å². The number of carbonyl (C=O) groups is 1. The van der Waals surface area contributed by atoms with Gasteiger partial charge in [0.05, 0.1) is 25.1 Å². The summed E-state index contributed by atoms with van der Waals surface area (Å²) in [6, 6.07) is 8.50. The van der Waals surface area contributed by atoms with Gasteiger partial charge >= 0.3 is 5.97 Å². The lowest BCUT2D eigenvalue weighted by molar-refractivity contribution is -0.148. The second kappa shape index (κ2) is 17.7. The van der Waals surface area contributed by atoms with E-state index < -0.39 is 0 Å². The first-order valence-electron chi connectivity index (χ1n) is 13.5. The Balaban J connectivity index is 1.61. The Morgan fingerprint density at radius 1 is 0.943 bits per heavy atom. The molecule has 1 heterocycles. The molecule has 0 radical (unpaired) electrons. The molecule has 5 nitrogen and oxygen atoms in total. The van der Waals surface area contributed by atoms with Gasteiger partial charge in [-0.3, -0.25) is 4.79 Å². The molecule has 1 aromatic heterocycles. The van der Waals surface area contributed by atoms with E-state index in [1.807, 2.05) is 19.9 Å². The summed E-state index contributed by atoms with van der Waals surface area (Å²) in [6.45, 7) is 8.28. The molecule has 0 N–H and O–H groups in total. The second-order valence-corrected chi connectivity index (χ2v) is 9.24. The number of hydrogen-bond acceptors (Lipinski definition) is 5. The molecule has 0 aliphatic carbocycles. The highest BCUT2D eigenvalue weighted by atomic mass is 16.5. The molecule has 0 saturated carbocycles. The van der Waals surface area contributed by atoms with Crippen molar-refractivity contribution < 1.29 is 14.3 Å². The fourth-order valence-electron chi connectivity index (χ4n) is 3.95. The normalized spacial score (nSPS) is 11.7. The molecule has 0 aliphatic heterocycles. The Kier molecular flexibility index (Phi) is 14.4. The Morgan fingerprint density at radius 2 is 1.60 bits per heavy atom. The number of benzene rings is 1. The summed E-state index contributed by atoms with van der Waals surface area (Å²) in [4.78, 5) is 20.3. The van der Waals surface area contributed by atoms with Crippen molar-refractivity contribution in [3.63, 3.8) is 0 Å². The summed E-state index contributed by atoms with van der Waals surface area (Å²) in [5, 5.41) is 0. The minimum Gasteiger partial charge on any atom is -0.490 e.